The lowest BCUT2D eigenvalue weighted by Gasteiger charge is -2.14. The highest BCUT2D eigenvalue weighted by Crippen LogP contribution is 2.47. The molecule has 0 aliphatic heterocycles. The number of benzene rings is 1. The van der Waals surface area contributed by atoms with Crippen molar-refractivity contribution in [1.29, 1.82) is 0 Å². The maximum atomic E-state index is 11.8. The molecule has 0 spiro atoms. The third-order valence-electron chi connectivity index (χ3n) is 3.35. The van der Waals surface area contributed by atoms with Crippen molar-refractivity contribution in [3.63, 3.8) is 0 Å². The summed E-state index contributed by atoms with van der Waals surface area (Å²) in [6.07, 6.45) is 4.66. The van der Waals surface area contributed by atoms with Crippen LogP contribution in [0.5, 0.6) is 0 Å². The molecule has 2 rings (SSSR count). The fourth-order valence-electron chi connectivity index (χ4n) is 1.88. The smallest absolute Gasteiger partial charge is 0.240 e. The van der Waals surface area contributed by atoms with E-state index in [9.17, 15) is 8.42 Å². The van der Waals surface area contributed by atoms with Crippen molar-refractivity contribution >= 4 is 27.5 Å². The van der Waals surface area contributed by atoms with E-state index in [1.54, 1.807) is 19.1 Å². The zero-order valence-corrected chi connectivity index (χ0v) is 12.9. The van der Waals surface area contributed by atoms with Gasteiger partial charge < -0.3 is 5.32 Å². The molecule has 1 saturated carbocycles. The molecule has 0 atom stereocenters. The van der Waals surface area contributed by atoms with Gasteiger partial charge in [-0.3, -0.25) is 0 Å². The van der Waals surface area contributed by atoms with Crippen LogP contribution in [0.3, 0.4) is 0 Å². The monoisotopic (exact) mass is 300 g/mol. The SMILES string of the molecule is CCNS(=O)(=O)c1ccc(NCC2(SC)CC2)cc1. The van der Waals surface area contributed by atoms with Crippen molar-refractivity contribution < 1.29 is 8.42 Å². The lowest BCUT2D eigenvalue weighted by molar-refractivity contribution is 0.584. The summed E-state index contributed by atoms with van der Waals surface area (Å²) >= 11 is 1.90. The van der Waals surface area contributed by atoms with Crippen molar-refractivity contribution in [2.24, 2.45) is 0 Å². The highest BCUT2D eigenvalue weighted by Gasteiger charge is 2.41. The lowest BCUT2D eigenvalue weighted by atomic mass is 10.3. The Hall–Kier alpha value is -0.720. The van der Waals surface area contributed by atoms with Gasteiger partial charge in [-0.25, -0.2) is 13.1 Å². The second-order valence-corrected chi connectivity index (χ2v) is 7.81. The van der Waals surface area contributed by atoms with E-state index in [-0.39, 0.29) is 0 Å². The van der Waals surface area contributed by atoms with Crippen LogP contribution in [-0.2, 0) is 10.0 Å². The Kier molecular flexibility index (Phi) is 4.43. The molecule has 0 saturated heterocycles. The molecular formula is C13H20N2O2S2. The third-order valence-corrected chi connectivity index (χ3v) is 6.33. The first kappa shape index (κ1) is 14.7. The summed E-state index contributed by atoms with van der Waals surface area (Å²) in [5, 5.41) is 3.37. The molecule has 19 heavy (non-hydrogen) atoms. The van der Waals surface area contributed by atoms with Crippen LogP contribution in [0.1, 0.15) is 19.8 Å². The summed E-state index contributed by atoms with van der Waals surface area (Å²) in [6.45, 7) is 3.11. The molecule has 1 fully saturated rings. The zero-order valence-electron chi connectivity index (χ0n) is 11.3. The van der Waals surface area contributed by atoms with Crippen molar-refractivity contribution in [3.8, 4) is 0 Å². The average molecular weight is 300 g/mol. The molecule has 1 aromatic rings. The topological polar surface area (TPSA) is 58.2 Å². The molecule has 0 aromatic heterocycles. The Morgan fingerprint density at radius 3 is 2.37 bits per heavy atom. The molecule has 2 N–H and O–H groups in total. The number of rotatable bonds is 7. The van der Waals surface area contributed by atoms with Crippen molar-refractivity contribution in [2.75, 3.05) is 24.7 Å². The molecule has 106 valence electrons. The number of hydrogen-bond acceptors (Lipinski definition) is 4. The van der Waals surface area contributed by atoms with Crippen molar-refractivity contribution in [1.82, 2.24) is 4.72 Å². The number of hydrogen-bond donors (Lipinski definition) is 2. The van der Waals surface area contributed by atoms with Crippen LogP contribution >= 0.6 is 11.8 Å². The summed E-state index contributed by atoms with van der Waals surface area (Å²) in [4.78, 5) is 0.311. The quantitative estimate of drug-likeness (QED) is 0.811. The number of thioether (sulfide) groups is 1. The van der Waals surface area contributed by atoms with Crippen LogP contribution in [0.2, 0.25) is 0 Å². The second kappa shape index (κ2) is 5.73. The summed E-state index contributed by atoms with van der Waals surface area (Å²) in [6, 6.07) is 6.92. The van der Waals surface area contributed by atoms with E-state index in [0.29, 0.717) is 16.2 Å². The van der Waals surface area contributed by atoms with E-state index in [2.05, 4.69) is 16.3 Å². The first-order chi connectivity index (χ1) is 9.01. The molecule has 4 nitrogen and oxygen atoms in total. The molecule has 1 aliphatic rings. The fourth-order valence-corrected chi connectivity index (χ4v) is 3.65. The minimum absolute atomic E-state index is 0.311. The Morgan fingerprint density at radius 2 is 1.89 bits per heavy atom. The highest BCUT2D eigenvalue weighted by atomic mass is 32.2. The number of nitrogens with one attached hydrogen (secondary N) is 2. The van der Waals surface area contributed by atoms with E-state index in [1.165, 1.54) is 12.8 Å². The van der Waals surface area contributed by atoms with Gasteiger partial charge in [0, 0.05) is 23.5 Å². The van der Waals surface area contributed by atoms with Gasteiger partial charge in [-0.1, -0.05) is 6.92 Å². The van der Waals surface area contributed by atoms with Crippen LogP contribution in [0, 0.1) is 0 Å². The van der Waals surface area contributed by atoms with E-state index in [4.69, 9.17) is 0 Å². The van der Waals surface area contributed by atoms with Gasteiger partial charge in [-0.05, 0) is 43.4 Å². The fraction of sp³-hybridized carbons (Fsp3) is 0.538. The largest absolute Gasteiger partial charge is 0.384 e. The van der Waals surface area contributed by atoms with Gasteiger partial charge in [0.05, 0.1) is 4.90 Å². The molecule has 1 aliphatic carbocycles. The minimum Gasteiger partial charge on any atom is -0.384 e. The minimum atomic E-state index is -3.34. The Labute approximate surface area is 119 Å². The van der Waals surface area contributed by atoms with Gasteiger partial charge in [0.1, 0.15) is 0 Å². The van der Waals surface area contributed by atoms with Crippen molar-refractivity contribution in [2.45, 2.75) is 29.4 Å². The summed E-state index contributed by atoms with van der Waals surface area (Å²) in [5.41, 5.74) is 0.968. The van der Waals surface area contributed by atoms with Gasteiger partial charge in [0.2, 0.25) is 10.0 Å². The molecule has 0 heterocycles. The molecule has 0 amide bonds. The van der Waals surface area contributed by atoms with Crippen LogP contribution < -0.4 is 10.0 Å². The normalized spacial score (nSPS) is 17.2. The van der Waals surface area contributed by atoms with Gasteiger partial charge >= 0.3 is 0 Å². The molecule has 0 bridgehead atoms. The molecule has 6 heteroatoms. The van der Waals surface area contributed by atoms with Gasteiger partial charge in [-0.15, -0.1) is 0 Å². The lowest BCUT2D eigenvalue weighted by Crippen LogP contribution is -2.23. The van der Waals surface area contributed by atoms with Crippen LogP contribution in [0.25, 0.3) is 0 Å². The summed E-state index contributed by atoms with van der Waals surface area (Å²) in [5.74, 6) is 0. The standard InChI is InChI=1S/C13H20N2O2S2/c1-3-15-19(16,17)12-6-4-11(5-7-12)14-10-13(18-2)8-9-13/h4-7,14-15H,3,8-10H2,1-2H3. The van der Waals surface area contributed by atoms with Gasteiger partial charge in [0.25, 0.3) is 0 Å². The first-order valence-corrected chi connectivity index (χ1v) is 9.11. The Balaban J connectivity index is 1.99. The van der Waals surface area contributed by atoms with Gasteiger partial charge in [0.15, 0.2) is 0 Å². The Morgan fingerprint density at radius 1 is 1.26 bits per heavy atom. The maximum absolute atomic E-state index is 11.8. The predicted octanol–water partition coefficient (Wildman–Crippen LogP) is 2.29. The molecule has 0 unspecified atom stereocenters. The first-order valence-electron chi connectivity index (χ1n) is 6.40. The second-order valence-electron chi connectivity index (χ2n) is 4.77. The van der Waals surface area contributed by atoms with Crippen LogP contribution in [0.15, 0.2) is 29.2 Å². The molecule has 1 aromatic carbocycles. The Bertz CT molecular complexity index is 522. The highest BCUT2D eigenvalue weighted by molar-refractivity contribution is 8.00. The van der Waals surface area contributed by atoms with Crippen molar-refractivity contribution in [3.05, 3.63) is 24.3 Å². The average Bonchev–Trinajstić information content (AvgIpc) is 3.17. The number of sulfonamides is 1. The van der Waals surface area contributed by atoms with Crippen LogP contribution in [-0.4, -0.2) is 32.5 Å². The van der Waals surface area contributed by atoms with E-state index >= 15 is 0 Å². The van der Waals surface area contributed by atoms with E-state index in [1.807, 2.05) is 23.9 Å². The summed E-state index contributed by atoms with van der Waals surface area (Å²) in [7, 11) is -3.34. The maximum Gasteiger partial charge on any atom is 0.240 e. The zero-order chi connectivity index (χ0) is 13.9. The predicted molar refractivity (Wildman–Crippen MR) is 81.3 cm³/mol. The van der Waals surface area contributed by atoms with Crippen LogP contribution in [0.4, 0.5) is 5.69 Å². The molecular weight excluding hydrogens is 280 g/mol. The third kappa shape index (κ3) is 3.64. The summed E-state index contributed by atoms with van der Waals surface area (Å²) < 4.78 is 26.4. The number of anilines is 1. The van der Waals surface area contributed by atoms with E-state index in [0.717, 1.165) is 12.2 Å². The van der Waals surface area contributed by atoms with Gasteiger partial charge in [-0.2, -0.15) is 11.8 Å². The molecule has 0 radical (unpaired) electrons. The van der Waals surface area contributed by atoms with E-state index < -0.39 is 10.0 Å².